The molecule has 7 atom stereocenters. The van der Waals surface area contributed by atoms with Crippen molar-refractivity contribution in [1.82, 2.24) is 0 Å². The van der Waals surface area contributed by atoms with Gasteiger partial charge >= 0.3 is 11.9 Å². The van der Waals surface area contributed by atoms with Crippen LogP contribution < -0.4 is 0 Å². The largest absolute Gasteiger partial charge is 0.464 e. The van der Waals surface area contributed by atoms with E-state index in [9.17, 15) is 14.7 Å². The van der Waals surface area contributed by atoms with Crippen LogP contribution in [0.2, 0.25) is 0 Å². The molecule has 4 rings (SSSR count). The molecular weight excluding hydrogens is 411 g/mol. The Hall–Kier alpha value is -0.860. The van der Waals surface area contributed by atoms with E-state index >= 15 is 0 Å². The number of carbonyl (C=O) groups is 2. The maximum absolute atomic E-state index is 12.0. The first-order valence-corrected chi connectivity index (χ1v) is 10.4. The lowest BCUT2D eigenvalue weighted by Gasteiger charge is -2.58. The van der Waals surface area contributed by atoms with E-state index in [4.69, 9.17) is 42.1 Å². The molecule has 2 aliphatic heterocycles. The summed E-state index contributed by atoms with van der Waals surface area (Å²) in [6, 6.07) is 0. The van der Waals surface area contributed by atoms with Gasteiger partial charge in [0.2, 0.25) is 0 Å². The fourth-order valence-corrected chi connectivity index (χ4v) is 5.75. The zero-order valence-corrected chi connectivity index (χ0v) is 17.3. The van der Waals surface area contributed by atoms with Crippen molar-refractivity contribution in [2.45, 2.75) is 56.7 Å². The van der Waals surface area contributed by atoms with Crippen LogP contribution in [0, 0.1) is 10.8 Å². The number of carbonyl (C=O) groups excluding carboxylic acids is 2. The highest BCUT2D eigenvalue weighted by Crippen LogP contribution is 2.72. The van der Waals surface area contributed by atoms with E-state index in [0.717, 1.165) is 12.0 Å². The van der Waals surface area contributed by atoms with Crippen molar-refractivity contribution in [2.24, 2.45) is 10.8 Å². The van der Waals surface area contributed by atoms with E-state index in [2.05, 4.69) is 0 Å². The molecule has 1 saturated carbocycles. The molecule has 1 N–H and O–H groups in total. The fourth-order valence-electron chi connectivity index (χ4n) is 5.61. The Labute approximate surface area is 173 Å². The Bertz CT molecular complexity index is 721. The number of ether oxygens (including phenoxy) is 4. The summed E-state index contributed by atoms with van der Waals surface area (Å²) in [7, 11) is 0. The molecule has 2 saturated heterocycles. The minimum atomic E-state index is -1.07. The van der Waals surface area contributed by atoms with Gasteiger partial charge in [0.1, 0.15) is 42.3 Å². The van der Waals surface area contributed by atoms with Crippen LogP contribution in [-0.2, 0) is 28.5 Å². The number of hydrogen-bond donors (Lipinski definition) is 1. The molecule has 7 unspecified atom stereocenters. The quantitative estimate of drug-likeness (QED) is 0.303. The molecule has 28 heavy (non-hydrogen) atoms. The second kappa shape index (κ2) is 6.84. The summed E-state index contributed by atoms with van der Waals surface area (Å²) in [4.78, 5) is 23.9. The van der Waals surface area contributed by atoms with Crippen molar-refractivity contribution in [3.05, 3.63) is 11.6 Å². The summed E-state index contributed by atoms with van der Waals surface area (Å²) in [6.45, 7) is 4.36. The maximum Gasteiger partial charge on any atom is 0.321 e. The van der Waals surface area contributed by atoms with E-state index in [1.165, 1.54) is 0 Å². The molecule has 2 bridgehead atoms. The zero-order valence-electron chi connectivity index (χ0n) is 15.8. The number of rotatable bonds is 5. The molecule has 1 spiro atoms. The number of epoxide rings is 1. The van der Waals surface area contributed by atoms with Gasteiger partial charge in [0, 0.05) is 5.41 Å². The van der Waals surface area contributed by atoms with Crippen LogP contribution in [0.5, 0.6) is 0 Å². The third kappa shape index (κ3) is 2.53. The summed E-state index contributed by atoms with van der Waals surface area (Å²) in [5, 5.41) is 11.0. The highest BCUT2D eigenvalue weighted by Gasteiger charge is 2.85. The van der Waals surface area contributed by atoms with Gasteiger partial charge in [-0.1, -0.05) is 18.6 Å². The SMILES string of the molecule is CC1=CC2OC3C(O)C(OC(=O)CCl)C(C)(C2(COC(=O)CCl)CC1)C31CO1. The molecular formula is C19H24Cl2O7. The van der Waals surface area contributed by atoms with Crippen molar-refractivity contribution in [3.63, 3.8) is 0 Å². The molecule has 0 radical (unpaired) electrons. The van der Waals surface area contributed by atoms with Gasteiger partial charge in [0.25, 0.3) is 0 Å². The number of esters is 2. The van der Waals surface area contributed by atoms with Crippen LogP contribution in [0.25, 0.3) is 0 Å². The Kier molecular flexibility index (Phi) is 4.99. The Morgan fingerprint density at radius 1 is 1.32 bits per heavy atom. The molecule has 0 aromatic rings. The molecule has 156 valence electrons. The average molecular weight is 435 g/mol. The standard InChI is InChI=1S/C19H24Cl2O7/c1-10-3-4-18(8-25-12(22)6-20)11(5-10)27-16-14(24)15(28-13(23)7-21)17(18,2)19(16)9-26-19/h5,11,14-16,24H,3-4,6-9H2,1-2H3. The van der Waals surface area contributed by atoms with Crippen LogP contribution in [-0.4, -0.2) is 72.0 Å². The normalized spacial score (nSPS) is 46.0. The second-order valence-corrected chi connectivity index (χ2v) is 8.89. The van der Waals surface area contributed by atoms with Crippen molar-refractivity contribution in [2.75, 3.05) is 25.0 Å². The first-order chi connectivity index (χ1) is 13.3. The third-order valence-electron chi connectivity index (χ3n) is 7.22. The number of halogens is 2. The van der Waals surface area contributed by atoms with E-state index in [-0.39, 0.29) is 18.4 Å². The van der Waals surface area contributed by atoms with Gasteiger partial charge in [0.05, 0.1) is 18.1 Å². The van der Waals surface area contributed by atoms with Crippen molar-refractivity contribution < 1.29 is 33.6 Å². The highest BCUT2D eigenvalue weighted by atomic mass is 35.5. The molecule has 9 heteroatoms. The van der Waals surface area contributed by atoms with Gasteiger partial charge < -0.3 is 24.1 Å². The lowest BCUT2D eigenvalue weighted by Crippen LogP contribution is -2.66. The molecule has 3 fully saturated rings. The van der Waals surface area contributed by atoms with Crippen LogP contribution >= 0.6 is 23.2 Å². The average Bonchev–Trinajstić information content (AvgIpc) is 3.47. The van der Waals surface area contributed by atoms with Gasteiger partial charge in [-0.25, -0.2) is 0 Å². The topological polar surface area (TPSA) is 94.6 Å². The van der Waals surface area contributed by atoms with Gasteiger partial charge in [-0.2, -0.15) is 0 Å². The molecule has 4 aliphatic rings. The predicted molar refractivity (Wildman–Crippen MR) is 99.2 cm³/mol. The van der Waals surface area contributed by atoms with Gasteiger partial charge in [-0.15, -0.1) is 23.2 Å². The maximum atomic E-state index is 12.0. The van der Waals surface area contributed by atoms with Crippen molar-refractivity contribution >= 4 is 35.1 Å². The first kappa shape index (κ1) is 20.4. The summed E-state index contributed by atoms with van der Waals surface area (Å²) in [6.07, 6.45) is 0.388. The Morgan fingerprint density at radius 2 is 2.00 bits per heavy atom. The Morgan fingerprint density at radius 3 is 2.61 bits per heavy atom. The van der Waals surface area contributed by atoms with Crippen LogP contribution in [0.1, 0.15) is 26.7 Å². The minimum Gasteiger partial charge on any atom is -0.464 e. The molecule has 0 aromatic heterocycles. The van der Waals surface area contributed by atoms with Crippen LogP contribution in [0.4, 0.5) is 0 Å². The minimum absolute atomic E-state index is 0.0307. The summed E-state index contributed by atoms with van der Waals surface area (Å²) < 4.78 is 23.3. The van der Waals surface area contributed by atoms with Crippen LogP contribution in [0.15, 0.2) is 11.6 Å². The molecule has 0 amide bonds. The molecule has 2 aliphatic carbocycles. The number of alkyl halides is 2. The zero-order chi connectivity index (χ0) is 20.3. The number of fused-ring (bicyclic) bond motifs is 2. The van der Waals surface area contributed by atoms with Gasteiger partial charge in [-0.3, -0.25) is 9.59 Å². The van der Waals surface area contributed by atoms with E-state index in [1.807, 2.05) is 19.9 Å². The monoisotopic (exact) mass is 434 g/mol. The van der Waals surface area contributed by atoms with Gasteiger partial charge in [-0.05, 0) is 19.8 Å². The van der Waals surface area contributed by atoms with E-state index < -0.39 is 52.8 Å². The van der Waals surface area contributed by atoms with E-state index in [0.29, 0.717) is 13.0 Å². The van der Waals surface area contributed by atoms with Crippen molar-refractivity contribution in [3.8, 4) is 0 Å². The highest BCUT2D eigenvalue weighted by molar-refractivity contribution is 6.26. The number of aliphatic hydroxyl groups is 1. The number of aliphatic hydroxyl groups excluding tert-OH is 1. The lowest BCUT2D eigenvalue weighted by molar-refractivity contribution is -0.233. The van der Waals surface area contributed by atoms with Crippen molar-refractivity contribution in [1.29, 1.82) is 0 Å². The Balaban J connectivity index is 1.81. The fraction of sp³-hybridized carbons (Fsp3) is 0.789. The van der Waals surface area contributed by atoms with Gasteiger partial charge in [0.15, 0.2) is 0 Å². The summed E-state index contributed by atoms with van der Waals surface area (Å²) in [5.41, 5.74) is -1.22. The van der Waals surface area contributed by atoms with Crippen LogP contribution in [0.3, 0.4) is 0 Å². The predicted octanol–water partition coefficient (Wildman–Crippen LogP) is 1.56. The molecule has 2 heterocycles. The van der Waals surface area contributed by atoms with E-state index in [1.54, 1.807) is 0 Å². The first-order valence-electron chi connectivity index (χ1n) is 9.37. The summed E-state index contributed by atoms with van der Waals surface area (Å²) >= 11 is 11.3. The summed E-state index contributed by atoms with van der Waals surface area (Å²) in [5.74, 6) is -1.74. The number of allylic oxidation sites excluding steroid dienone is 1. The smallest absolute Gasteiger partial charge is 0.321 e. The molecule has 7 nitrogen and oxygen atoms in total. The number of hydrogen-bond acceptors (Lipinski definition) is 7. The second-order valence-electron chi connectivity index (χ2n) is 8.36. The lowest BCUT2D eigenvalue weighted by atomic mass is 9.51. The third-order valence-corrected chi connectivity index (χ3v) is 7.66. The molecule has 0 aromatic carbocycles.